The van der Waals surface area contributed by atoms with Gasteiger partial charge in [-0.25, -0.2) is 0 Å². The van der Waals surface area contributed by atoms with Crippen LogP contribution in [0.15, 0.2) is 0 Å². The fourth-order valence-corrected chi connectivity index (χ4v) is 1.94. The number of carbonyl (C=O) groups is 2. The first kappa shape index (κ1) is 13.0. The Morgan fingerprint density at radius 1 is 1.50 bits per heavy atom. The second-order valence-electron chi connectivity index (χ2n) is 4.26. The molecule has 1 aliphatic heterocycles. The molecule has 0 aliphatic carbocycles. The molecular weight excluding hydrogens is 208 g/mol. The number of hydrogen-bond donors (Lipinski definition) is 0. The van der Waals surface area contributed by atoms with E-state index in [2.05, 4.69) is 6.92 Å². The molecule has 0 aromatic rings. The molecule has 0 bridgehead atoms. The molecule has 0 N–H and O–H groups in total. The highest BCUT2D eigenvalue weighted by molar-refractivity contribution is 5.71. The van der Waals surface area contributed by atoms with Crippen LogP contribution in [0.3, 0.4) is 0 Å². The smallest absolute Gasteiger partial charge is 0.308 e. The van der Waals surface area contributed by atoms with E-state index in [9.17, 15) is 9.59 Å². The Labute approximate surface area is 96.3 Å². The summed E-state index contributed by atoms with van der Waals surface area (Å²) in [6.45, 7) is 3.48. The average Bonchev–Trinajstić information content (AvgIpc) is 2.20. The Bertz CT molecular complexity index is 247. The van der Waals surface area contributed by atoms with E-state index < -0.39 is 6.29 Å². The molecule has 16 heavy (non-hydrogen) atoms. The van der Waals surface area contributed by atoms with Gasteiger partial charge in [-0.05, 0) is 12.8 Å². The minimum Gasteiger partial charge on any atom is -0.425 e. The second kappa shape index (κ2) is 6.51. The zero-order valence-corrected chi connectivity index (χ0v) is 10.0. The van der Waals surface area contributed by atoms with Crippen LogP contribution >= 0.6 is 0 Å². The quantitative estimate of drug-likeness (QED) is 0.535. The second-order valence-corrected chi connectivity index (χ2v) is 4.26. The van der Waals surface area contributed by atoms with Gasteiger partial charge in [-0.15, -0.1) is 0 Å². The van der Waals surface area contributed by atoms with Crippen molar-refractivity contribution >= 4 is 11.9 Å². The van der Waals surface area contributed by atoms with E-state index in [1.807, 2.05) is 0 Å². The van der Waals surface area contributed by atoms with Gasteiger partial charge in [-0.3, -0.25) is 9.59 Å². The molecule has 0 unspecified atom stereocenters. The summed E-state index contributed by atoms with van der Waals surface area (Å²) in [5.41, 5.74) is 0. The van der Waals surface area contributed by atoms with Crippen molar-refractivity contribution in [3.8, 4) is 0 Å². The molecule has 0 aromatic carbocycles. The van der Waals surface area contributed by atoms with Crippen molar-refractivity contribution in [3.63, 3.8) is 0 Å². The first-order chi connectivity index (χ1) is 7.63. The van der Waals surface area contributed by atoms with E-state index in [4.69, 9.17) is 9.47 Å². The minimum atomic E-state index is -0.657. The van der Waals surface area contributed by atoms with Gasteiger partial charge in [0.05, 0.1) is 0 Å². The van der Waals surface area contributed by atoms with Gasteiger partial charge >= 0.3 is 11.9 Å². The van der Waals surface area contributed by atoms with Gasteiger partial charge < -0.3 is 9.47 Å². The third-order valence-corrected chi connectivity index (χ3v) is 2.81. The number of unbranched alkanes of at least 4 members (excludes halogenated alkanes) is 2. The van der Waals surface area contributed by atoms with Gasteiger partial charge in [0.25, 0.3) is 0 Å². The molecule has 1 heterocycles. The Kier molecular flexibility index (Phi) is 5.29. The summed E-state index contributed by atoms with van der Waals surface area (Å²) >= 11 is 0. The molecule has 4 heteroatoms. The van der Waals surface area contributed by atoms with Gasteiger partial charge in [0, 0.05) is 19.3 Å². The van der Waals surface area contributed by atoms with Crippen LogP contribution in [0.2, 0.25) is 0 Å². The lowest BCUT2D eigenvalue weighted by Gasteiger charge is -2.30. The summed E-state index contributed by atoms with van der Waals surface area (Å²) in [4.78, 5) is 22.0. The molecular formula is C12H20O4. The topological polar surface area (TPSA) is 52.6 Å². The number of carbonyl (C=O) groups excluding carboxylic acids is 2. The van der Waals surface area contributed by atoms with Crippen molar-refractivity contribution in [2.45, 2.75) is 58.7 Å². The molecule has 0 spiro atoms. The highest BCUT2D eigenvalue weighted by Crippen LogP contribution is 2.27. The summed E-state index contributed by atoms with van der Waals surface area (Å²) in [5.74, 6) is -0.480. The molecule has 1 fully saturated rings. The molecule has 1 rings (SSSR count). The van der Waals surface area contributed by atoms with Crippen LogP contribution < -0.4 is 0 Å². The Hall–Kier alpha value is -1.06. The van der Waals surface area contributed by atoms with Crippen molar-refractivity contribution in [2.75, 3.05) is 0 Å². The standard InChI is InChI=1S/C12H20O4/c1-3-4-5-6-10-7-8-11(14)16-12(10)15-9(2)13/h10,12H,3-8H2,1-2H3/t10-,12-/m0/s1. The molecule has 0 amide bonds. The van der Waals surface area contributed by atoms with E-state index in [-0.39, 0.29) is 17.9 Å². The van der Waals surface area contributed by atoms with Crippen molar-refractivity contribution in [2.24, 2.45) is 5.92 Å². The number of rotatable bonds is 5. The summed E-state index contributed by atoms with van der Waals surface area (Å²) < 4.78 is 10.1. The normalized spacial score (nSPS) is 25.0. The SMILES string of the molecule is CCCCC[C@H]1CCC(=O)O[C@@H]1OC(C)=O. The number of cyclic esters (lactones) is 1. The molecule has 0 radical (unpaired) electrons. The van der Waals surface area contributed by atoms with Crippen LogP contribution in [-0.4, -0.2) is 18.2 Å². The summed E-state index contributed by atoms with van der Waals surface area (Å²) in [6.07, 6.45) is 4.92. The first-order valence-corrected chi connectivity index (χ1v) is 6.00. The van der Waals surface area contributed by atoms with Crippen LogP contribution in [0, 0.1) is 5.92 Å². The van der Waals surface area contributed by atoms with Crippen LogP contribution in [0.1, 0.15) is 52.4 Å². The van der Waals surface area contributed by atoms with Gasteiger partial charge in [-0.1, -0.05) is 26.2 Å². The third kappa shape index (κ3) is 4.21. The summed E-state index contributed by atoms with van der Waals surface area (Å²) in [7, 11) is 0. The van der Waals surface area contributed by atoms with E-state index in [1.165, 1.54) is 6.92 Å². The molecule has 1 aliphatic rings. The Morgan fingerprint density at radius 3 is 2.88 bits per heavy atom. The molecule has 0 aromatic heterocycles. The average molecular weight is 228 g/mol. The first-order valence-electron chi connectivity index (χ1n) is 6.00. The molecule has 2 atom stereocenters. The maximum atomic E-state index is 11.1. The van der Waals surface area contributed by atoms with Crippen LogP contribution in [0.5, 0.6) is 0 Å². The Balaban J connectivity index is 2.43. The van der Waals surface area contributed by atoms with E-state index in [1.54, 1.807) is 0 Å². The lowest BCUT2D eigenvalue weighted by molar-refractivity contribution is -0.206. The highest BCUT2D eigenvalue weighted by Gasteiger charge is 2.32. The minimum absolute atomic E-state index is 0.174. The van der Waals surface area contributed by atoms with Gasteiger partial charge in [-0.2, -0.15) is 0 Å². The predicted molar refractivity (Wildman–Crippen MR) is 58.5 cm³/mol. The zero-order valence-electron chi connectivity index (χ0n) is 10.0. The fraction of sp³-hybridized carbons (Fsp3) is 0.833. The van der Waals surface area contributed by atoms with E-state index in [0.29, 0.717) is 6.42 Å². The highest BCUT2D eigenvalue weighted by atomic mass is 16.7. The third-order valence-electron chi connectivity index (χ3n) is 2.81. The fourth-order valence-electron chi connectivity index (χ4n) is 1.94. The number of esters is 2. The lowest BCUT2D eigenvalue weighted by atomic mass is 9.94. The molecule has 4 nitrogen and oxygen atoms in total. The van der Waals surface area contributed by atoms with Gasteiger partial charge in [0.15, 0.2) is 0 Å². The summed E-state index contributed by atoms with van der Waals surface area (Å²) in [6, 6.07) is 0. The molecule has 1 saturated heterocycles. The number of hydrogen-bond acceptors (Lipinski definition) is 4. The van der Waals surface area contributed by atoms with Gasteiger partial charge in [0.2, 0.25) is 6.29 Å². The van der Waals surface area contributed by atoms with Crippen LogP contribution in [-0.2, 0) is 19.1 Å². The van der Waals surface area contributed by atoms with E-state index >= 15 is 0 Å². The molecule has 92 valence electrons. The maximum absolute atomic E-state index is 11.1. The van der Waals surface area contributed by atoms with Crippen LogP contribution in [0.25, 0.3) is 0 Å². The van der Waals surface area contributed by atoms with Crippen molar-refractivity contribution < 1.29 is 19.1 Å². The van der Waals surface area contributed by atoms with Crippen molar-refractivity contribution in [1.82, 2.24) is 0 Å². The van der Waals surface area contributed by atoms with Gasteiger partial charge in [0.1, 0.15) is 0 Å². The summed E-state index contributed by atoms with van der Waals surface area (Å²) in [5, 5.41) is 0. The van der Waals surface area contributed by atoms with Crippen molar-refractivity contribution in [3.05, 3.63) is 0 Å². The predicted octanol–water partition coefficient (Wildman–Crippen LogP) is 2.41. The van der Waals surface area contributed by atoms with Crippen molar-refractivity contribution in [1.29, 1.82) is 0 Å². The zero-order chi connectivity index (χ0) is 12.0. The molecule has 0 saturated carbocycles. The number of ether oxygens (including phenoxy) is 2. The lowest BCUT2D eigenvalue weighted by Crippen LogP contribution is -2.35. The largest absolute Gasteiger partial charge is 0.425 e. The van der Waals surface area contributed by atoms with E-state index in [0.717, 1.165) is 32.1 Å². The monoisotopic (exact) mass is 228 g/mol. The van der Waals surface area contributed by atoms with Crippen LogP contribution in [0.4, 0.5) is 0 Å². The Morgan fingerprint density at radius 2 is 2.25 bits per heavy atom. The maximum Gasteiger partial charge on any atom is 0.308 e.